The van der Waals surface area contributed by atoms with Crippen LogP contribution in [0.2, 0.25) is 0 Å². The number of carbonyl (C=O) groups excluding carboxylic acids is 1. The average molecular weight is 421 g/mol. The Morgan fingerprint density at radius 1 is 0.867 bits per heavy atom. The molecule has 1 atom stereocenters. The molecule has 0 saturated carbocycles. The van der Waals surface area contributed by atoms with E-state index in [0.717, 1.165) is 17.5 Å². The van der Waals surface area contributed by atoms with Crippen molar-refractivity contribution in [1.82, 2.24) is 9.62 Å². The summed E-state index contributed by atoms with van der Waals surface area (Å²) >= 11 is 0. The van der Waals surface area contributed by atoms with Crippen LogP contribution in [0.15, 0.2) is 89.8 Å². The quantitative estimate of drug-likeness (QED) is 0.666. The van der Waals surface area contributed by atoms with Crippen molar-refractivity contribution >= 4 is 15.9 Å². The fraction of sp³-hybridized carbons (Fsp3) is 0.208. The number of fused-ring (bicyclic) bond motifs is 1. The van der Waals surface area contributed by atoms with Gasteiger partial charge in [-0.15, -0.1) is 0 Å². The predicted octanol–water partition coefficient (Wildman–Crippen LogP) is 3.16. The summed E-state index contributed by atoms with van der Waals surface area (Å²) in [4.78, 5) is 15.3. The summed E-state index contributed by atoms with van der Waals surface area (Å²) in [7, 11) is -3.82. The molecule has 0 fully saturated rings. The van der Waals surface area contributed by atoms with Gasteiger partial charge in [0.2, 0.25) is 15.9 Å². The van der Waals surface area contributed by atoms with Crippen molar-refractivity contribution < 1.29 is 13.2 Å². The fourth-order valence-electron chi connectivity index (χ4n) is 3.79. The molecule has 30 heavy (non-hydrogen) atoms. The normalized spacial score (nSPS) is 14.7. The summed E-state index contributed by atoms with van der Waals surface area (Å²) in [5.74, 6) is -0.201. The summed E-state index contributed by atoms with van der Waals surface area (Å²) < 4.78 is 28.5. The standard InChI is InChI=1S/C24H24N2O3S/c27-24(26-16-15-20-11-7-8-12-21(20)18-26)23(17-19-9-3-1-4-10-19)25-30(28,29)22-13-5-2-6-14-22/h1-14,23,25H,15-18H2/t23-/m0/s1. The van der Waals surface area contributed by atoms with Gasteiger partial charge in [-0.1, -0.05) is 72.8 Å². The highest BCUT2D eigenvalue weighted by molar-refractivity contribution is 7.89. The van der Waals surface area contributed by atoms with Gasteiger partial charge >= 0.3 is 0 Å². The molecule has 1 N–H and O–H groups in total. The zero-order valence-corrected chi connectivity index (χ0v) is 17.4. The summed E-state index contributed by atoms with van der Waals surface area (Å²) in [6.45, 7) is 1.07. The van der Waals surface area contributed by atoms with Gasteiger partial charge in [0.15, 0.2) is 0 Å². The Morgan fingerprint density at radius 2 is 1.47 bits per heavy atom. The average Bonchev–Trinajstić information content (AvgIpc) is 2.79. The zero-order valence-electron chi connectivity index (χ0n) is 16.6. The highest BCUT2D eigenvalue weighted by Crippen LogP contribution is 2.20. The molecule has 1 aliphatic rings. The number of carbonyl (C=O) groups is 1. The highest BCUT2D eigenvalue weighted by atomic mass is 32.2. The molecule has 0 aliphatic carbocycles. The van der Waals surface area contributed by atoms with Crippen LogP contribution < -0.4 is 4.72 Å². The molecule has 1 aliphatic heterocycles. The molecule has 4 rings (SSSR count). The van der Waals surface area contributed by atoms with Gasteiger partial charge in [-0.05, 0) is 41.7 Å². The summed E-state index contributed by atoms with van der Waals surface area (Å²) in [6, 6.07) is 24.8. The van der Waals surface area contributed by atoms with Gasteiger partial charge < -0.3 is 4.90 Å². The van der Waals surface area contributed by atoms with Crippen LogP contribution in [0.3, 0.4) is 0 Å². The van der Waals surface area contributed by atoms with Gasteiger partial charge in [-0.2, -0.15) is 4.72 Å². The van der Waals surface area contributed by atoms with Gasteiger partial charge in [0.05, 0.1) is 4.90 Å². The summed E-state index contributed by atoms with van der Waals surface area (Å²) in [5, 5.41) is 0. The van der Waals surface area contributed by atoms with Gasteiger partial charge in [0.1, 0.15) is 6.04 Å². The van der Waals surface area contributed by atoms with E-state index in [2.05, 4.69) is 10.8 Å². The lowest BCUT2D eigenvalue weighted by atomic mass is 9.98. The van der Waals surface area contributed by atoms with Crippen LogP contribution in [0.1, 0.15) is 16.7 Å². The Hall–Kier alpha value is -2.96. The second kappa shape index (κ2) is 8.81. The molecule has 6 heteroatoms. The molecule has 0 saturated heterocycles. The first-order valence-electron chi connectivity index (χ1n) is 10.00. The van der Waals surface area contributed by atoms with Crippen LogP contribution >= 0.6 is 0 Å². The Kier molecular flexibility index (Phi) is 5.97. The SMILES string of the molecule is O=C([C@H](Cc1ccccc1)NS(=O)(=O)c1ccccc1)N1CCc2ccccc2C1. The van der Waals surface area contributed by atoms with E-state index in [0.29, 0.717) is 19.5 Å². The number of nitrogens with zero attached hydrogens (tertiary/aromatic N) is 1. The van der Waals surface area contributed by atoms with E-state index < -0.39 is 16.1 Å². The maximum atomic E-state index is 13.4. The fourth-order valence-corrected chi connectivity index (χ4v) is 5.00. The van der Waals surface area contributed by atoms with Crippen LogP contribution in [-0.2, 0) is 34.2 Å². The van der Waals surface area contributed by atoms with Gasteiger partial charge in [0.25, 0.3) is 0 Å². The number of nitrogens with one attached hydrogen (secondary N) is 1. The van der Waals surface area contributed by atoms with Crippen LogP contribution in [0, 0.1) is 0 Å². The summed E-state index contributed by atoms with van der Waals surface area (Å²) in [6.07, 6.45) is 1.06. The summed E-state index contributed by atoms with van der Waals surface area (Å²) in [5.41, 5.74) is 3.26. The molecular weight excluding hydrogens is 396 g/mol. The predicted molar refractivity (Wildman–Crippen MR) is 116 cm³/mol. The van der Waals surface area contributed by atoms with Gasteiger partial charge in [0, 0.05) is 13.1 Å². The topological polar surface area (TPSA) is 66.5 Å². The number of hydrogen-bond donors (Lipinski definition) is 1. The molecule has 0 unspecified atom stereocenters. The number of sulfonamides is 1. The molecule has 3 aromatic rings. The van der Waals surface area contributed by atoms with E-state index in [-0.39, 0.29) is 10.8 Å². The molecule has 0 bridgehead atoms. The van der Waals surface area contributed by atoms with Crippen LogP contribution in [0.5, 0.6) is 0 Å². The van der Waals surface area contributed by atoms with E-state index in [1.165, 1.54) is 17.7 Å². The molecule has 0 aromatic heterocycles. The molecule has 1 amide bonds. The number of benzene rings is 3. The second-order valence-electron chi connectivity index (χ2n) is 7.46. The van der Waals surface area contributed by atoms with Crippen LogP contribution in [0.25, 0.3) is 0 Å². The van der Waals surface area contributed by atoms with E-state index in [1.54, 1.807) is 23.1 Å². The van der Waals surface area contributed by atoms with Crippen molar-refractivity contribution in [3.8, 4) is 0 Å². The Morgan fingerprint density at radius 3 is 2.17 bits per heavy atom. The lowest BCUT2D eigenvalue weighted by Crippen LogP contribution is -2.50. The van der Waals surface area contributed by atoms with Crippen molar-refractivity contribution in [1.29, 1.82) is 0 Å². The smallest absolute Gasteiger partial charge is 0.241 e. The first-order chi connectivity index (χ1) is 14.5. The first-order valence-corrected chi connectivity index (χ1v) is 11.5. The van der Waals surface area contributed by atoms with Crippen LogP contribution in [-0.4, -0.2) is 31.8 Å². The van der Waals surface area contributed by atoms with Crippen molar-refractivity contribution in [2.75, 3.05) is 6.54 Å². The molecule has 1 heterocycles. The minimum Gasteiger partial charge on any atom is -0.337 e. The van der Waals surface area contributed by atoms with E-state index in [9.17, 15) is 13.2 Å². The Labute approximate surface area is 177 Å². The highest BCUT2D eigenvalue weighted by Gasteiger charge is 2.31. The number of rotatable bonds is 6. The van der Waals surface area contributed by atoms with Gasteiger partial charge in [-0.25, -0.2) is 8.42 Å². The number of hydrogen-bond acceptors (Lipinski definition) is 3. The van der Waals surface area contributed by atoms with Crippen molar-refractivity contribution in [2.24, 2.45) is 0 Å². The third-order valence-electron chi connectivity index (χ3n) is 5.37. The molecule has 3 aromatic carbocycles. The molecule has 5 nitrogen and oxygen atoms in total. The molecule has 0 spiro atoms. The van der Waals surface area contributed by atoms with Crippen molar-refractivity contribution in [2.45, 2.75) is 30.3 Å². The lowest BCUT2D eigenvalue weighted by Gasteiger charge is -2.32. The lowest BCUT2D eigenvalue weighted by molar-refractivity contribution is -0.133. The van der Waals surface area contributed by atoms with Crippen LogP contribution in [0.4, 0.5) is 0 Å². The minimum absolute atomic E-state index is 0.153. The van der Waals surface area contributed by atoms with Crippen molar-refractivity contribution in [3.63, 3.8) is 0 Å². The first kappa shape index (κ1) is 20.3. The molecular formula is C24H24N2O3S. The molecule has 0 radical (unpaired) electrons. The minimum atomic E-state index is -3.82. The maximum Gasteiger partial charge on any atom is 0.241 e. The zero-order chi connectivity index (χ0) is 21.0. The Balaban J connectivity index is 1.59. The largest absolute Gasteiger partial charge is 0.337 e. The monoisotopic (exact) mass is 420 g/mol. The third-order valence-corrected chi connectivity index (χ3v) is 6.86. The number of amides is 1. The second-order valence-corrected chi connectivity index (χ2v) is 9.17. The molecule has 154 valence electrons. The third kappa shape index (κ3) is 4.61. The Bertz CT molecular complexity index is 1120. The van der Waals surface area contributed by atoms with E-state index in [1.807, 2.05) is 48.5 Å². The van der Waals surface area contributed by atoms with E-state index >= 15 is 0 Å². The van der Waals surface area contributed by atoms with Crippen molar-refractivity contribution in [3.05, 3.63) is 102 Å². The van der Waals surface area contributed by atoms with Gasteiger partial charge in [-0.3, -0.25) is 4.79 Å². The maximum absolute atomic E-state index is 13.4. The van der Waals surface area contributed by atoms with E-state index in [4.69, 9.17) is 0 Å².